The quantitative estimate of drug-likeness (QED) is 0.611. The Balaban J connectivity index is 2.10. The maximum atomic E-state index is 8.21. The highest BCUT2D eigenvalue weighted by Crippen LogP contribution is 1.88. The molecule has 0 aromatic carbocycles. The highest BCUT2D eigenvalue weighted by atomic mass is 15.1. The predicted molar refractivity (Wildman–Crippen MR) is 40.5 cm³/mol. The maximum Gasteiger partial charge on any atom is 0.0635 e. The third-order valence-electron chi connectivity index (χ3n) is 1.29. The van der Waals surface area contributed by atoms with Crippen LogP contribution < -0.4 is 5.32 Å². The van der Waals surface area contributed by atoms with Crippen molar-refractivity contribution in [2.45, 2.75) is 13.0 Å². The lowest BCUT2D eigenvalue weighted by atomic mass is 10.4. The Morgan fingerprint density at radius 1 is 1.73 bits per heavy atom. The molecule has 0 bridgehead atoms. The normalized spacial score (nSPS) is 9.36. The van der Waals surface area contributed by atoms with E-state index in [1.165, 1.54) is 0 Å². The summed E-state index contributed by atoms with van der Waals surface area (Å²) in [6, 6.07) is 3.96. The minimum Gasteiger partial charge on any atom is -0.310 e. The van der Waals surface area contributed by atoms with E-state index in [4.69, 9.17) is 5.26 Å². The zero-order valence-electron chi connectivity index (χ0n) is 6.17. The first-order valence-electron chi connectivity index (χ1n) is 3.49. The molecule has 0 spiro atoms. The van der Waals surface area contributed by atoms with Crippen molar-refractivity contribution in [2.75, 3.05) is 6.54 Å². The van der Waals surface area contributed by atoms with Gasteiger partial charge in [0, 0.05) is 31.4 Å². The molecule has 0 fully saturated rings. The molecule has 0 aliphatic rings. The number of nitrogens with zero attached hydrogens (tertiary/aromatic N) is 2. The van der Waals surface area contributed by atoms with Gasteiger partial charge < -0.3 is 5.32 Å². The molecule has 0 amide bonds. The van der Waals surface area contributed by atoms with E-state index in [1.54, 1.807) is 6.20 Å². The first-order valence-corrected chi connectivity index (χ1v) is 3.49. The monoisotopic (exact) mass is 150 g/mol. The van der Waals surface area contributed by atoms with Crippen LogP contribution >= 0.6 is 0 Å². The molecule has 0 radical (unpaired) electrons. The first kappa shape index (κ1) is 7.76. The van der Waals surface area contributed by atoms with Gasteiger partial charge in [0.2, 0.25) is 0 Å². The largest absolute Gasteiger partial charge is 0.310 e. The van der Waals surface area contributed by atoms with Crippen molar-refractivity contribution in [1.82, 2.24) is 15.5 Å². The van der Waals surface area contributed by atoms with Crippen LogP contribution in [-0.4, -0.2) is 16.7 Å². The van der Waals surface area contributed by atoms with Gasteiger partial charge in [-0.25, -0.2) is 0 Å². The summed E-state index contributed by atoms with van der Waals surface area (Å²) in [6.45, 7) is 1.48. The average Bonchev–Trinajstić information content (AvgIpc) is 2.50. The molecule has 1 aromatic heterocycles. The Morgan fingerprint density at radius 2 is 2.64 bits per heavy atom. The van der Waals surface area contributed by atoms with Crippen LogP contribution in [-0.2, 0) is 6.54 Å². The Morgan fingerprint density at radius 3 is 3.27 bits per heavy atom. The molecule has 4 nitrogen and oxygen atoms in total. The summed E-state index contributed by atoms with van der Waals surface area (Å²) in [6.07, 6.45) is 2.26. The fourth-order valence-corrected chi connectivity index (χ4v) is 0.750. The molecular weight excluding hydrogens is 140 g/mol. The molecule has 0 aliphatic heterocycles. The van der Waals surface area contributed by atoms with Crippen LogP contribution in [0.15, 0.2) is 12.3 Å². The third kappa shape index (κ3) is 2.83. The molecule has 58 valence electrons. The van der Waals surface area contributed by atoms with Crippen LogP contribution in [0.2, 0.25) is 0 Å². The van der Waals surface area contributed by atoms with E-state index in [2.05, 4.69) is 21.6 Å². The molecule has 4 heteroatoms. The zero-order chi connectivity index (χ0) is 7.94. The SMILES string of the molecule is N#CCCNCc1ccn[nH]1. The number of rotatable bonds is 4. The molecule has 1 heterocycles. The fraction of sp³-hybridized carbons (Fsp3) is 0.429. The van der Waals surface area contributed by atoms with Crippen LogP contribution in [0.4, 0.5) is 0 Å². The zero-order valence-corrected chi connectivity index (χ0v) is 6.17. The van der Waals surface area contributed by atoms with Crippen molar-refractivity contribution in [3.8, 4) is 6.07 Å². The highest BCUT2D eigenvalue weighted by molar-refractivity contribution is 4.96. The molecule has 1 aromatic rings. The van der Waals surface area contributed by atoms with E-state index < -0.39 is 0 Å². The third-order valence-corrected chi connectivity index (χ3v) is 1.29. The van der Waals surface area contributed by atoms with Crippen molar-refractivity contribution < 1.29 is 0 Å². The van der Waals surface area contributed by atoms with Gasteiger partial charge in [-0.2, -0.15) is 10.4 Å². The van der Waals surface area contributed by atoms with Gasteiger partial charge >= 0.3 is 0 Å². The van der Waals surface area contributed by atoms with Gasteiger partial charge in [-0.1, -0.05) is 0 Å². The molecule has 11 heavy (non-hydrogen) atoms. The van der Waals surface area contributed by atoms with E-state index in [9.17, 15) is 0 Å². The Kier molecular flexibility index (Phi) is 3.16. The summed E-state index contributed by atoms with van der Waals surface area (Å²) < 4.78 is 0. The van der Waals surface area contributed by atoms with Gasteiger partial charge in [-0.05, 0) is 6.07 Å². The lowest BCUT2D eigenvalue weighted by Gasteiger charge is -1.96. The summed E-state index contributed by atoms with van der Waals surface area (Å²) >= 11 is 0. The molecule has 0 saturated heterocycles. The summed E-state index contributed by atoms with van der Waals surface area (Å²) in [7, 11) is 0. The van der Waals surface area contributed by atoms with E-state index in [0.29, 0.717) is 6.42 Å². The van der Waals surface area contributed by atoms with Gasteiger partial charge in [0.05, 0.1) is 6.07 Å². The first-order chi connectivity index (χ1) is 5.43. The van der Waals surface area contributed by atoms with Crippen LogP contribution in [0.5, 0.6) is 0 Å². The van der Waals surface area contributed by atoms with Gasteiger partial charge in [-0.3, -0.25) is 5.10 Å². The number of hydrogen-bond donors (Lipinski definition) is 2. The van der Waals surface area contributed by atoms with E-state index in [1.807, 2.05) is 6.07 Å². The molecule has 1 rings (SSSR count). The van der Waals surface area contributed by atoms with E-state index in [0.717, 1.165) is 18.8 Å². The number of nitriles is 1. The molecule has 0 aliphatic carbocycles. The van der Waals surface area contributed by atoms with E-state index >= 15 is 0 Å². The number of nitrogens with one attached hydrogen (secondary N) is 2. The molecule has 0 unspecified atom stereocenters. The summed E-state index contributed by atoms with van der Waals surface area (Å²) in [5, 5.41) is 17.9. The van der Waals surface area contributed by atoms with Crippen LogP contribution in [0, 0.1) is 11.3 Å². The lowest BCUT2D eigenvalue weighted by molar-refractivity contribution is 0.683. The molecule has 0 saturated carbocycles. The van der Waals surface area contributed by atoms with Crippen LogP contribution in [0.25, 0.3) is 0 Å². The number of aromatic nitrogens is 2. The van der Waals surface area contributed by atoms with E-state index in [-0.39, 0.29) is 0 Å². The second-order valence-corrected chi connectivity index (χ2v) is 2.17. The van der Waals surface area contributed by atoms with Crippen molar-refractivity contribution in [3.05, 3.63) is 18.0 Å². The van der Waals surface area contributed by atoms with Crippen molar-refractivity contribution in [2.24, 2.45) is 0 Å². The molecule has 2 N–H and O–H groups in total. The van der Waals surface area contributed by atoms with Crippen LogP contribution in [0.1, 0.15) is 12.1 Å². The minimum absolute atomic E-state index is 0.550. The minimum atomic E-state index is 0.550. The second kappa shape index (κ2) is 4.47. The standard InChI is InChI=1S/C7H10N4/c8-3-1-4-9-6-7-2-5-10-11-7/h2,5,9H,1,4,6H2,(H,10,11). The smallest absolute Gasteiger partial charge is 0.0635 e. The Bertz CT molecular complexity index is 221. The van der Waals surface area contributed by atoms with Crippen LogP contribution in [0.3, 0.4) is 0 Å². The Labute approximate surface area is 65.2 Å². The average molecular weight is 150 g/mol. The van der Waals surface area contributed by atoms with Crippen molar-refractivity contribution in [1.29, 1.82) is 5.26 Å². The topological polar surface area (TPSA) is 64.5 Å². The highest BCUT2D eigenvalue weighted by Gasteiger charge is 1.90. The lowest BCUT2D eigenvalue weighted by Crippen LogP contribution is -2.14. The Hall–Kier alpha value is -1.34. The molecular formula is C7H10N4. The maximum absolute atomic E-state index is 8.21. The summed E-state index contributed by atoms with van der Waals surface area (Å²) in [4.78, 5) is 0. The summed E-state index contributed by atoms with van der Waals surface area (Å²) in [5.74, 6) is 0. The van der Waals surface area contributed by atoms with Crippen molar-refractivity contribution in [3.63, 3.8) is 0 Å². The number of hydrogen-bond acceptors (Lipinski definition) is 3. The summed E-state index contributed by atoms with van der Waals surface area (Å²) in [5.41, 5.74) is 1.04. The number of H-pyrrole nitrogens is 1. The molecule has 0 atom stereocenters. The van der Waals surface area contributed by atoms with Gasteiger partial charge in [0.1, 0.15) is 0 Å². The van der Waals surface area contributed by atoms with Gasteiger partial charge in [0.15, 0.2) is 0 Å². The fourth-order valence-electron chi connectivity index (χ4n) is 0.750. The number of aromatic amines is 1. The second-order valence-electron chi connectivity index (χ2n) is 2.17. The van der Waals surface area contributed by atoms with Gasteiger partial charge in [0.25, 0.3) is 0 Å². The predicted octanol–water partition coefficient (Wildman–Crippen LogP) is 0.413. The van der Waals surface area contributed by atoms with Gasteiger partial charge in [-0.15, -0.1) is 0 Å². The van der Waals surface area contributed by atoms with Crippen molar-refractivity contribution >= 4 is 0 Å².